The van der Waals surface area contributed by atoms with Crippen molar-refractivity contribution in [1.82, 2.24) is 19.9 Å². The number of likely N-dealkylation sites (tertiary alicyclic amines) is 1. The lowest BCUT2D eigenvalue weighted by atomic mass is 10.1. The van der Waals surface area contributed by atoms with Gasteiger partial charge in [0, 0.05) is 26.2 Å². The highest BCUT2D eigenvalue weighted by molar-refractivity contribution is 5.41. The smallest absolute Gasteiger partial charge is 0.231 e. The summed E-state index contributed by atoms with van der Waals surface area (Å²) in [6, 6.07) is 0. The summed E-state index contributed by atoms with van der Waals surface area (Å²) in [6.45, 7) is 9.02. The second-order valence-corrected chi connectivity index (χ2v) is 5.29. The predicted molar refractivity (Wildman–Crippen MR) is 81.9 cm³/mol. The average molecular weight is 279 g/mol. The molecule has 0 bridgehead atoms. The van der Waals surface area contributed by atoms with Crippen molar-refractivity contribution in [2.24, 2.45) is 5.92 Å². The topological polar surface area (TPSA) is 83.2 Å². The van der Waals surface area contributed by atoms with Crippen LogP contribution in [0.1, 0.15) is 20.3 Å². The molecule has 2 rings (SSSR count). The van der Waals surface area contributed by atoms with Gasteiger partial charge in [0.2, 0.25) is 17.8 Å². The molecule has 0 amide bonds. The monoisotopic (exact) mass is 279 g/mol. The van der Waals surface area contributed by atoms with Gasteiger partial charge in [-0.25, -0.2) is 0 Å². The van der Waals surface area contributed by atoms with Crippen LogP contribution in [0, 0.1) is 5.92 Å². The molecule has 1 fully saturated rings. The van der Waals surface area contributed by atoms with Gasteiger partial charge in [-0.05, 0) is 39.8 Å². The Bertz CT molecular complexity index is 433. The Labute approximate surface area is 120 Å². The molecule has 0 radical (unpaired) electrons. The van der Waals surface area contributed by atoms with Gasteiger partial charge in [0.05, 0.1) is 0 Å². The van der Waals surface area contributed by atoms with Crippen LogP contribution in [0.3, 0.4) is 0 Å². The molecule has 0 saturated carbocycles. The van der Waals surface area contributed by atoms with E-state index in [1.807, 2.05) is 0 Å². The van der Waals surface area contributed by atoms with E-state index in [2.05, 4.69) is 51.0 Å². The number of nitrogen functional groups attached to an aromatic ring is 1. The Balaban J connectivity index is 2.00. The largest absolute Gasteiger partial charge is 0.368 e. The molecule has 1 unspecified atom stereocenters. The minimum absolute atomic E-state index is 0.271. The van der Waals surface area contributed by atoms with Gasteiger partial charge in [-0.1, -0.05) is 0 Å². The Morgan fingerprint density at radius 2 is 2.05 bits per heavy atom. The van der Waals surface area contributed by atoms with Crippen molar-refractivity contribution in [1.29, 1.82) is 0 Å². The first kappa shape index (κ1) is 14.8. The van der Waals surface area contributed by atoms with Gasteiger partial charge in [0.15, 0.2) is 0 Å². The number of rotatable bonds is 6. The van der Waals surface area contributed by atoms with Crippen molar-refractivity contribution in [3.05, 3.63) is 0 Å². The Morgan fingerprint density at radius 1 is 1.30 bits per heavy atom. The van der Waals surface area contributed by atoms with E-state index in [-0.39, 0.29) is 5.95 Å². The maximum atomic E-state index is 5.78. The molecule has 2 heterocycles. The summed E-state index contributed by atoms with van der Waals surface area (Å²) in [5.74, 6) is 2.14. The van der Waals surface area contributed by atoms with E-state index in [1.54, 1.807) is 0 Å². The molecule has 1 atom stereocenters. The number of nitrogens with one attached hydrogen (secondary N) is 1. The van der Waals surface area contributed by atoms with Crippen LogP contribution in [0.5, 0.6) is 0 Å². The van der Waals surface area contributed by atoms with Crippen LogP contribution >= 0.6 is 0 Å². The second-order valence-electron chi connectivity index (χ2n) is 5.29. The van der Waals surface area contributed by atoms with Crippen molar-refractivity contribution in [2.75, 3.05) is 55.7 Å². The summed E-state index contributed by atoms with van der Waals surface area (Å²) < 4.78 is 0. The van der Waals surface area contributed by atoms with Gasteiger partial charge < -0.3 is 20.9 Å². The van der Waals surface area contributed by atoms with Gasteiger partial charge in [-0.2, -0.15) is 15.0 Å². The van der Waals surface area contributed by atoms with Crippen molar-refractivity contribution in [2.45, 2.75) is 20.3 Å². The number of hydrogen-bond acceptors (Lipinski definition) is 7. The van der Waals surface area contributed by atoms with E-state index in [9.17, 15) is 0 Å². The fraction of sp³-hybridized carbons (Fsp3) is 0.769. The van der Waals surface area contributed by atoms with Crippen LogP contribution in [0.15, 0.2) is 0 Å². The van der Waals surface area contributed by atoms with Gasteiger partial charge in [-0.3, -0.25) is 0 Å². The molecule has 1 saturated heterocycles. The first-order chi connectivity index (χ1) is 9.62. The van der Waals surface area contributed by atoms with Gasteiger partial charge >= 0.3 is 0 Å². The molecule has 1 aromatic rings. The third kappa shape index (κ3) is 3.69. The molecule has 20 heavy (non-hydrogen) atoms. The second kappa shape index (κ2) is 6.69. The number of nitrogens with zero attached hydrogens (tertiary/aromatic N) is 5. The Kier molecular flexibility index (Phi) is 4.94. The zero-order valence-corrected chi connectivity index (χ0v) is 12.6. The van der Waals surface area contributed by atoms with E-state index in [4.69, 9.17) is 5.73 Å². The summed E-state index contributed by atoms with van der Waals surface area (Å²) >= 11 is 0. The Morgan fingerprint density at radius 3 is 2.65 bits per heavy atom. The normalized spacial score (nSPS) is 19.2. The van der Waals surface area contributed by atoms with Gasteiger partial charge in [-0.15, -0.1) is 0 Å². The molecule has 0 spiro atoms. The molecule has 0 aliphatic carbocycles. The third-order valence-corrected chi connectivity index (χ3v) is 3.72. The van der Waals surface area contributed by atoms with Crippen LogP contribution in [0.4, 0.5) is 17.8 Å². The molecular weight excluding hydrogens is 254 g/mol. The zero-order chi connectivity index (χ0) is 14.5. The van der Waals surface area contributed by atoms with Crippen molar-refractivity contribution < 1.29 is 0 Å². The van der Waals surface area contributed by atoms with Crippen molar-refractivity contribution in [3.8, 4) is 0 Å². The number of aromatic nitrogens is 3. The summed E-state index contributed by atoms with van der Waals surface area (Å²) in [6.07, 6.45) is 1.22. The fourth-order valence-electron chi connectivity index (χ4n) is 2.54. The van der Waals surface area contributed by atoms with Crippen LogP contribution in [-0.4, -0.2) is 59.6 Å². The molecule has 7 nitrogen and oxygen atoms in total. The molecule has 1 aromatic heterocycles. The molecule has 1 aliphatic heterocycles. The quantitative estimate of drug-likeness (QED) is 0.791. The minimum Gasteiger partial charge on any atom is -0.368 e. The molecule has 112 valence electrons. The zero-order valence-electron chi connectivity index (χ0n) is 12.6. The highest BCUT2D eigenvalue weighted by atomic mass is 15.3. The molecule has 0 aromatic carbocycles. The minimum atomic E-state index is 0.271. The van der Waals surface area contributed by atoms with E-state index >= 15 is 0 Å². The summed E-state index contributed by atoms with van der Waals surface area (Å²) in [5, 5.41) is 3.30. The molecular formula is C13H25N7. The van der Waals surface area contributed by atoms with Crippen LogP contribution in [-0.2, 0) is 0 Å². The van der Waals surface area contributed by atoms with Crippen LogP contribution in [0.25, 0.3) is 0 Å². The number of hydrogen-bond donors (Lipinski definition) is 2. The van der Waals surface area contributed by atoms with E-state index in [0.717, 1.165) is 32.7 Å². The lowest BCUT2D eigenvalue weighted by Crippen LogP contribution is -2.26. The number of nitrogens with two attached hydrogens (primary N) is 1. The van der Waals surface area contributed by atoms with Crippen molar-refractivity contribution in [3.63, 3.8) is 0 Å². The molecule has 1 aliphatic rings. The highest BCUT2D eigenvalue weighted by Gasteiger charge is 2.19. The van der Waals surface area contributed by atoms with Gasteiger partial charge in [0.1, 0.15) is 0 Å². The standard InChI is InChI=1S/C13H25N7/c1-4-20(5-2)13-17-11(14)16-12(18-13)15-8-10-6-7-19(3)9-10/h10H,4-9H2,1-3H3,(H3,14,15,16,17,18). The Hall–Kier alpha value is -1.63. The average Bonchev–Trinajstić information content (AvgIpc) is 2.83. The SMILES string of the molecule is CCN(CC)c1nc(N)nc(NCC2CCN(C)C2)n1. The maximum Gasteiger partial charge on any atom is 0.231 e. The predicted octanol–water partition coefficient (Wildman–Crippen LogP) is 0.664. The summed E-state index contributed by atoms with van der Waals surface area (Å²) in [5.41, 5.74) is 5.78. The first-order valence-corrected chi connectivity index (χ1v) is 7.31. The molecule has 3 N–H and O–H groups in total. The maximum absolute atomic E-state index is 5.78. The van der Waals surface area contributed by atoms with Gasteiger partial charge in [0.25, 0.3) is 0 Å². The summed E-state index contributed by atoms with van der Waals surface area (Å²) in [4.78, 5) is 17.2. The third-order valence-electron chi connectivity index (χ3n) is 3.72. The van der Waals surface area contributed by atoms with E-state index in [0.29, 0.717) is 17.8 Å². The first-order valence-electron chi connectivity index (χ1n) is 7.31. The van der Waals surface area contributed by atoms with Crippen LogP contribution in [0.2, 0.25) is 0 Å². The molecule has 7 heteroatoms. The highest BCUT2D eigenvalue weighted by Crippen LogP contribution is 2.16. The fourth-order valence-corrected chi connectivity index (χ4v) is 2.54. The lowest BCUT2D eigenvalue weighted by molar-refractivity contribution is 0.399. The summed E-state index contributed by atoms with van der Waals surface area (Å²) in [7, 11) is 2.15. The van der Waals surface area contributed by atoms with E-state index in [1.165, 1.54) is 6.42 Å². The van der Waals surface area contributed by atoms with E-state index < -0.39 is 0 Å². The van der Waals surface area contributed by atoms with Crippen LogP contribution < -0.4 is 16.0 Å². The van der Waals surface area contributed by atoms with Crippen molar-refractivity contribution >= 4 is 17.8 Å². The lowest BCUT2D eigenvalue weighted by Gasteiger charge is -2.19. The number of anilines is 3.